The Hall–Kier alpha value is -1.40. The zero-order valence-corrected chi connectivity index (χ0v) is 9.85. The lowest BCUT2D eigenvalue weighted by Gasteiger charge is -2.29. The maximum atomic E-state index is 11.7. The van der Waals surface area contributed by atoms with Crippen LogP contribution in [0.3, 0.4) is 0 Å². The van der Waals surface area contributed by atoms with E-state index in [1.165, 1.54) is 0 Å². The Labute approximate surface area is 99.6 Å². The third-order valence-electron chi connectivity index (χ3n) is 2.74. The summed E-state index contributed by atoms with van der Waals surface area (Å²) in [6.07, 6.45) is 1.43. The van der Waals surface area contributed by atoms with E-state index in [0.29, 0.717) is 12.4 Å². The number of carbonyl (C=O) groups is 1. The number of anilines is 1. The van der Waals surface area contributed by atoms with Crippen molar-refractivity contribution in [3.05, 3.63) is 11.8 Å². The maximum Gasteiger partial charge on any atom is 0.240 e. The fourth-order valence-corrected chi connectivity index (χ4v) is 1.98. The Morgan fingerprint density at radius 1 is 1.76 bits per heavy atom. The van der Waals surface area contributed by atoms with Gasteiger partial charge >= 0.3 is 0 Å². The maximum absolute atomic E-state index is 11.7. The predicted molar refractivity (Wildman–Crippen MR) is 61.6 cm³/mol. The number of likely N-dealkylation sites (tertiary alicyclic amines) is 1. The van der Waals surface area contributed by atoms with Crippen molar-refractivity contribution in [3.8, 4) is 0 Å². The van der Waals surface area contributed by atoms with Crippen LogP contribution in [0.15, 0.2) is 10.6 Å². The molecule has 0 aliphatic carbocycles. The summed E-state index contributed by atoms with van der Waals surface area (Å²) in [4.78, 5) is 13.6. The van der Waals surface area contributed by atoms with E-state index in [0.717, 1.165) is 25.1 Å². The number of nitrogens with one attached hydrogen (secondary N) is 1. The van der Waals surface area contributed by atoms with Gasteiger partial charge < -0.3 is 9.63 Å². The first-order valence-corrected chi connectivity index (χ1v) is 5.77. The summed E-state index contributed by atoms with van der Waals surface area (Å²) in [5.74, 6) is 0.223. The molecule has 2 N–H and O–H groups in total. The number of aliphatic hydroxyl groups is 1. The summed E-state index contributed by atoms with van der Waals surface area (Å²) in [7, 11) is 0. The molecule has 6 nitrogen and oxygen atoms in total. The molecule has 1 amide bonds. The molecule has 0 radical (unpaired) electrons. The second kappa shape index (κ2) is 5.29. The number of piperidine rings is 1. The van der Waals surface area contributed by atoms with Crippen LogP contribution in [0.1, 0.15) is 18.5 Å². The van der Waals surface area contributed by atoms with Gasteiger partial charge in [-0.05, 0) is 26.3 Å². The van der Waals surface area contributed by atoms with Gasteiger partial charge in [-0.25, -0.2) is 0 Å². The molecule has 0 spiro atoms. The van der Waals surface area contributed by atoms with E-state index in [2.05, 4.69) is 10.5 Å². The summed E-state index contributed by atoms with van der Waals surface area (Å²) in [5.41, 5.74) is 0.730. The largest absolute Gasteiger partial charge is 0.392 e. The lowest BCUT2D eigenvalue weighted by atomic mass is 10.1. The minimum absolute atomic E-state index is 0.143. The number of β-amino-alcohol motifs (C(OH)–C–C–N with tert-alkyl or cyclic N) is 1. The number of amides is 1. The monoisotopic (exact) mass is 239 g/mol. The number of hydrogen-bond donors (Lipinski definition) is 2. The summed E-state index contributed by atoms with van der Waals surface area (Å²) in [5, 5.41) is 15.8. The average molecular weight is 239 g/mol. The van der Waals surface area contributed by atoms with Gasteiger partial charge in [0.1, 0.15) is 0 Å². The standard InChI is InChI=1S/C11H17N3O3/c1-8-5-11(17-13-8)12-10(16)7-14-4-2-3-9(15)6-14/h5,9,15H,2-4,6-7H2,1H3,(H,12,16)/t9-/m0/s1. The van der Waals surface area contributed by atoms with Crippen molar-refractivity contribution >= 4 is 11.8 Å². The van der Waals surface area contributed by atoms with Crippen molar-refractivity contribution in [1.82, 2.24) is 10.1 Å². The third-order valence-corrected chi connectivity index (χ3v) is 2.74. The van der Waals surface area contributed by atoms with E-state index in [1.54, 1.807) is 13.0 Å². The molecule has 2 rings (SSSR count). The van der Waals surface area contributed by atoms with Crippen molar-refractivity contribution in [2.75, 3.05) is 25.0 Å². The third kappa shape index (κ3) is 3.54. The first kappa shape index (κ1) is 12.1. The van der Waals surface area contributed by atoms with Crippen LogP contribution < -0.4 is 5.32 Å². The van der Waals surface area contributed by atoms with Gasteiger partial charge in [0.2, 0.25) is 11.8 Å². The van der Waals surface area contributed by atoms with Crippen LogP contribution in [0, 0.1) is 6.92 Å². The van der Waals surface area contributed by atoms with Crippen LogP contribution in [-0.4, -0.2) is 46.8 Å². The molecule has 1 aromatic rings. The van der Waals surface area contributed by atoms with Gasteiger partial charge in [-0.3, -0.25) is 15.0 Å². The van der Waals surface area contributed by atoms with E-state index in [1.807, 2.05) is 4.90 Å². The van der Waals surface area contributed by atoms with Crippen LogP contribution in [0.25, 0.3) is 0 Å². The number of nitrogens with zero attached hydrogens (tertiary/aromatic N) is 2. The second-order valence-electron chi connectivity index (χ2n) is 4.41. The lowest BCUT2D eigenvalue weighted by Crippen LogP contribution is -2.42. The van der Waals surface area contributed by atoms with Crippen LogP contribution in [0.2, 0.25) is 0 Å². The SMILES string of the molecule is Cc1cc(NC(=O)CN2CCC[C@H](O)C2)on1. The molecule has 0 saturated carbocycles. The van der Waals surface area contributed by atoms with E-state index >= 15 is 0 Å². The fourth-order valence-electron chi connectivity index (χ4n) is 1.98. The fraction of sp³-hybridized carbons (Fsp3) is 0.636. The van der Waals surface area contributed by atoms with E-state index < -0.39 is 0 Å². The second-order valence-corrected chi connectivity index (χ2v) is 4.41. The molecule has 0 unspecified atom stereocenters. The Morgan fingerprint density at radius 3 is 3.24 bits per heavy atom. The number of aromatic nitrogens is 1. The number of rotatable bonds is 3. The highest BCUT2D eigenvalue weighted by atomic mass is 16.5. The molecule has 17 heavy (non-hydrogen) atoms. The number of carbonyl (C=O) groups excluding carboxylic acids is 1. The number of aryl methyl sites for hydroxylation is 1. The van der Waals surface area contributed by atoms with Gasteiger partial charge in [-0.1, -0.05) is 5.16 Å². The predicted octanol–water partition coefficient (Wildman–Crippen LogP) is 0.378. The Bertz CT molecular complexity index is 391. The number of hydrogen-bond acceptors (Lipinski definition) is 5. The highest BCUT2D eigenvalue weighted by molar-refractivity contribution is 5.90. The van der Waals surface area contributed by atoms with Crippen molar-refractivity contribution in [2.45, 2.75) is 25.9 Å². The molecule has 94 valence electrons. The molecule has 1 aromatic heterocycles. The van der Waals surface area contributed by atoms with Crippen LogP contribution >= 0.6 is 0 Å². The zero-order chi connectivity index (χ0) is 12.3. The Balaban J connectivity index is 1.80. The first-order chi connectivity index (χ1) is 8.13. The van der Waals surface area contributed by atoms with Crippen LogP contribution in [0.5, 0.6) is 0 Å². The average Bonchev–Trinajstić information content (AvgIpc) is 2.63. The van der Waals surface area contributed by atoms with E-state index in [9.17, 15) is 9.90 Å². The molecular formula is C11H17N3O3. The summed E-state index contributed by atoms with van der Waals surface area (Å²) < 4.78 is 4.90. The normalized spacial score (nSPS) is 21.4. The molecule has 1 aliphatic rings. The quantitative estimate of drug-likeness (QED) is 0.797. The molecule has 1 saturated heterocycles. The molecule has 1 fully saturated rings. The molecule has 1 aliphatic heterocycles. The van der Waals surface area contributed by atoms with Crippen molar-refractivity contribution in [3.63, 3.8) is 0 Å². The van der Waals surface area contributed by atoms with Crippen LogP contribution in [0.4, 0.5) is 5.88 Å². The molecule has 0 bridgehead atoms. The minimum atomic E-state index is -0.316. The van der Waals surface area contributed by atoms with Crippen LogP contribution in [-0.2, 0) is 4.79 Å². The lowest BCUT2D eigenvalue weighted by molar-refractivity contribution is -0.118. The van der Waals surface area contributed by atoms with Crippen molar-refractivity contribution in [1.29, 1.82) is 0 Å². The Kier molecular flexibility index (Phi) is 3.75. The molecule has 1 atom stereocenters. The molecule has 2 heterocycles. The van der Waals surface area contributed by atoms with Gasteiger partial charge in [-0.15, -0.1) is 0 Å². The van der Waals surface area contributed by atoms with Crippen molar-refractivity contribution < 1.29 is 14.4 Å². The van der Waals surface area contributed by atoms with Gasteiger partial charge in [0, 0.05) is 12.6 Å². The molecule has 0 aromatic carbocycles. The first-order valence-electron chi connectivity index (χ1n) is 5.77. The van der Waals surface area contributed by atoms with Gasteiger partial charge in [-0.2, -0.15) is 0 Å². The van der Waals surface area contributed by atoms with Crippen molar-refractivity contribution in [2.24, 2.45) is 0 Å². The molecular weight excluding hydrogens is 222 g/mol. The highest BCUT2D eigenvalue weighted by Crippen LogP contribution is 2.11. The highest BCUT2D eigenvalue weighted by Gasteiger charge is 2.20. The van der Waals surface area contributed by atoms with E-state index in [4.69, 9.17) is 4.52 Å². The van der Waals surface area contributed by atoms with Gasteiger partial charge in [0.15, 0.2) is 0 Å². The van der Waals surface area contributed by atoms with Gasteiger partial charge in [0.25, 0.3) is 0 Å². The smallest absolute Gasteiger partial charge is 0.240 e. The summed E-state index contributed by atoms with van der Waals surface area (Å²) in [6.45, 7) is 3.47. The minimum Gasteiger partial charge on any atom is -0.392 e. The van der Waals surface area contributed by atoms with Gasteiger partial charge in [0.05, 0.1) is 18.3 Å². The summed E-state index contributed by atoms with van der Waals surface area (Å²) in [6, 6.07) is 1.67. The van der Waals surface area contributed by atoms with E-state index in [-0.39, 0.29) is 18.6 Å². The Morgan fingerprint density at radius 2 is 2.59 bits per heavy atom. The topological polar surface area (TPSA) is 78.6 Å². The zero-order valence-electron chi connectivity index (χ0n) is 9.85. The number of aliphatic hydroxyl groups excluding tert-OH is 1. The summed E-state index contributed by atoms with van der Waals surface area (Å²) >= 11 is 0. The molecule has 6 heteroatoms.